The molecule has 2 aromatic rings. The van der Waals surface area contributed by atoms with Gasteiger partial charge in [0.2, 0.25) is 0 Å². The van der Waals surface area contributed by atoms with Crippen LogP contribution in [0, 0.1) is 0 Å². The van der Waals surface area contributed by atoms with Crippen molar-refractivity contribution >= 4 is 0 Å². The molecule has 0 radical (unpaired) electrons. The van der Waals surface area contributed by atoms with Crippen molar-refractivity contribution in [2.45, 2.75) is 39.4 Å². The van der Waals surface area contributed by atoms with Gasteiger partial charge in [0.15, 0.2) is 0 Å². The maximum Gasteiger partial charge on any atom is 0.0951 e. The molecule has 19 heavy (non-hydrogen) atoms. The third-order valence-corrected chi connectivity index (χ3v) is 3.49. The first kappa shape index (κ1) is 13.7. The molecule has 0 amide bonds. The van der Waals surface area contributed by atoms with Gasteiger partial charge in [-0.2, -0.15) is 0 Å². The molecule has 102 valence electrons. The number of pyridine rings is 1. The van der Waals surface area contributed by atoms with E-state index in [0.717, 1.165) is 12.2 Å². The van der Waals surface area contributed by atoms with Gasteiger partial charge in [0.05, 0.1) is 17.7 Å². The standard InChI is InChI=1S/C15H22N4/c1-12(2)19-11-16-9-14(19)10-18(4)13(3)15-7-5-6-8-17-15/h5-9,11-13H,10H2,1-4H3/t13-/m0/s1. The van der Waals surface area contributed by atoms with Crippen LogP contribution in [0.3, 0.4) is 0 Å². The van der Waals surface area contributed by atoms with Crippen molar-refractivity contribution in [1.29, 1.82) is 0 Å². The lowest BCUT2D eigenvalue weighted by Gasteiger charge is -2.25. The van der Waals surface area contributed by atoms with E-state index in [4.69, 9.17) is 0 Å². The molecular weight excluding hydrogens is 236 g/mol. The Morgan fingerprint density at radius 1 is 1.26 bits per heavy atom. The number of hydrogen-bond donors (Lipinski definition) is 0. The van der Waals surface area contributed by atoms with Gasteiger partial charge in [-0.3, -0.25) is 9.88 Å². The molecular formula is C15H22N4. The normalized spacial score (nSPS) is 13.2. The van der Waals surface area contributed by atoms with E-state index >= 15 is 0 Å². The Labute approximate surface area is 115 Å². The Kier molecular flexibility index (Phi) is 4.32. The third kappa shape index (κ3) is 3.20. The van der Waals surface area contributed by atoms with Gasteiger partial charge in [0, 0.05) is 31.0 Å². The minimum Gasteiger partial charge on any atom is -0.331 e. The highest BCUT2D eigenvalue weighted by molar-refractivity contribution is 5.09. The summed E-state index contributed by atoms with van der Waals surface area (Å²) in [5, 5.41) is 0. The number of hydrogen-bond acceptors (Lipinski definition) is 3. The first-order valence-corrected chi connectivity index (χ1v) is 6.71. The lowest BCUT2D eigenvalue weighted by molar-refractivity contribution is 0.241. The van der Waals surface area contributed by atoms with Crippen LogP contribution >= 0.6 is 0 Å². The fourth-order valence-electron chi connectivity index (χ4n) is 2.16. The monoisotopic (exact) mass is 258 g/mol. The van der Waals surface area contributed by atoms with Gasteiger partial charge in [-0.1, -0.05) is 6.07 Å². The zero-order valence-corrected chi connectivity index (χ0v) is 12.1. The van der Waals surface area contributed by atoms with Crippen LogP contribution in [0.2, 0.25) is 0 Å². The zero-order valence-electron chi connectivity index (χ0n) is 12.1. The molecule has 0 aliphatic rings. The molecule has 0 spiro atoms. The second kappa shape index (κ2) is 5.97. The second-order valence-corrected chi connectivity index (χ2v) is 5.23. The van der Waals surface area contributed by atoms with Gasteiger partial charge < -0.3 is 4.57 Å². The van der Waals surface area contributed by atoms with Crippen molar-refractivity contribution in [1.82, 2.24) is 19.4 Å². The highest BCUT2D eigenvalue weighted by atomic mass is 15.2. The van der Waals surface area contributed by atoms with Crippen LogP contribution in [-0.4, -0.2) is 26.5 Å². The number of rotatable bonds is 5. The van der Waals surface area contributed by atoms with Crippen molar-refractivity contribution in [3.05, 3.63) is 48.3 Å². The van der Waals surface area contributed by atoms with Gasteiger partial charge in [-0.15, -0.1) is 0 Å². The summed E-state index contributed by atoms with van der Waals surface area (Å²) in [5.41, 5.74) is 2.33. The topological polar surface area (TPSA) is 34.0 Å². The molecule has 1 atom stereocenters. The molecule has 0 aliphatic heterocycles. The molecule has 0 unspecified atom stereocenters. The van der Waals surface area contributed by atoms with Crippen molar-refractivity contribution < 1.29 is 0 Å². The summed E-state index contributed by atoms with van der Waals surface area (Å²) in [6.07, 6.45) is 5.69. The molecule has 0 N–H and O–H groups in total. The smallest absolute Gasteiger partial charge is 0.0951 e. The third-order valence-electron chi connectivity index (χ3n) is 3.49. The van der Waals surface area contributed by atoms with Crippen molar-refractivity contribution in [2.24, 2.45) is 0 Å². The number of imidazole rings is 1. The Hall–Kier alpha value is -1.68. The van der Waals surface area contributed by atoms with Gasteiger partial charge in [0.1, 0.15) is 0 Å². The van der Waals surface area contributed by atoms with E-state index in [-0.39, 0.29) is 6.04 Å². The summed E-state index contributed by atoms with van der Waals surface area (Å²) in [7, 11) is 2.12. The van der Waals surface area contributed by atoms with Gasteiger partial charge >= 0.3 is 0 Å². The van der Waals surface area contributed by atoms with Gasteiger partial charge in [-0.25, -0.2) is 4.98 Å². The summed E-state index contributed by atoms with van der Waals surface area (Å²) < 4.78 is 2.21. The van der Waals surface area contributed by atoms with E-state index < -0.39 is 0 Å². The van der Waals surface area contributed by atoms with Crippen LogP contribution < -0.4 is 0 Å². The highest BCUT2D eigenvalue weighted by Gasteiger charge is 2.15. The fourth-order valence-corrected chi connectivity index (χ4v) is 2.16. The summed E-state index contributed by atoms with van der Waals surface area (Å²) in [4.78, 5) is 11.0. The van der Waals surface area contributed by atoms with E-state index in [1.807, 2.05) is 30.9 Å². The summed E-state index contributed by atoms with van der Waals surface area (Å²) in [5.74, 6) is 0. The SMILES string of the molecule is CC(C)n1cncc1CN(C)[C@@H](C)c1ccccn1. The van der Waals surface area contributed by atoms with Crippen LogP contribution in [0.1, 0.15) is 44.2 Å². The Morgan fingerprint density at radius 3 is 2.68 bits per heavy atom. The van der Waals surface area contributed by atoms with E-state index in [9.17, 15) is 0 Å². The predicted octanol–water partition coefficient (Wildman–Crippen LogP) is 3.05. The summed E-state index contributed by atoms with van der Waals surface area (Å²) in [6, 6.07) is 6.78. The zero-order chi connectivity index (χ0) is 13.8. The molecule has 2 heterocycles. The molecule has 2 aromatic heterocycles. The Balaban J connectivity index is 2.08. The molecule has 4 nitrogen and oxygen atoms in total. The van der Waals surface area contributed by atoms with Crippen molar-refractivity contribution in [2.75, 3.05) is 7.05 Å². The summed E-state index contributed by atoms with van der Waals surface area (Å²) in [6.45, 7) is 7.40. The van der Waals surface area contributed by atoms with E-state index in [1.165, 1.54) is 5.69 Å². The van der Waals surface area contributed by atoms with Gasteiger partial charge in [0.25, 0.3) is 0 Å². The minimum absolute atomic E-state index is 0.289. The molecule has 0 saturated carbocycles. The summed E-state index contributed by atoms with van der Waals surface area (Å²) >= 11 is 0. The van der Waals surface area contributed by atoms with E-state index in [0.29, 0.717) is 6.04 Å². The first-order chi connectivity index (χ1) is 9.09. The molecule has 0 aromatic carbocycles. The maximum atomic E-state index is 4.42. The lowest BCUT2D eigenvalue weighted by Crippen LogP contribution is -2.24. The molecule has 0 bridgehead atoms. The maximum absolute atomic E-state index is 4.42. The lowest BCUT2D eigenvalue weighted by atomic mass is 10.2. The van der Waals surface area contributed by atoms with Crippen molar-refractivity contribution in [3.63, 3.8) is 0 Å². The van der Waals surface area contributed by atoms with Crippen LogP contribution in [0.4, 0.5) is 0 Å². The largest absolute Gasteiger partial charge is 0.331 e. The van der Waals surface area contributed by atoms with Crippen LogP contribution in [0.5, 0.6) is 0 Å². The van der Waals surface area contributed by atoms with E-state index in [2.05, 4.69) is 53.3 Å². The number of nitrogens with zero attached hydrogens (tertiary/aromatic N) is 4. The van der Waals surface area contributed by atoms with Gasteiger partial charge in [-0.05, 0) is 40.0 Å². The van der Waals surface area contributed by atoms with Crippen LogP contribution in [0.15, 0.2) is 36.9 Å². The average Bonchev–Trinajstić information content (AvgIpc) is 2.87. The van der Waals surface area contributed by atoms with Crippen molar-refractivity contribution in [3.8, 4) is 0 Å². The highest BCUT2D eigenvalue weighted by Crippen LogP contribution is 2.19. The van der Waals surface area contributed by atoms with Crippen LogP contribution in [0.25, 0.3) is 0 Å². The van der Waals surface area contributed by atoms with E-state index in [1.54, 1.807) is 0 Å². The second-order valence-electron chi connectivity index (χ2n) is 5.23. The molecule has 4 heteroatoms. The van der Waals surface area contributed by atoms with Crippen LogP contribution in [-0.2, 0) is 6.54 Å². The Morgan fingerprint density at radius 2 is 2.05 bits per heavy atom. The minimum atomic E-state index is 0.289. The molecule has 0 aliphatic carbocycles. The average molecular weight is 258 g/mol. The Bertz CT molecular complexity index is 504. The molecule has 2 rings (SSSR count). The number of aromatic nitrogens is 3. The molecule has 0 fully saturated rings. The predicted molar refractivity (Wildman–Crippen MR) is 76.7 cm³/mol. The fraction of sp³-hybridized carbons (Fsp3) is 0.467. The first-order valence-electron chi connectivity index (χ1n) is 6.71. The quantitative estimate of drug-likeness (QED) is 0.826. The molecule has 0 saturated heterocycles.